The number of hydrogen-bond acceptors (Lipinski definition) is 4. The molecule has 0 saturated carbocycles. The van der Waals surface area contributed by atoms with Crippen molar-refractivity contribution < 1.29 is 4.42 Å². The van der Waals surface area contributed by atoms with Crippen LogP contribution < -0.4 is 0 Å². The second kappa shape index (κ2) is 2.46. The Morgan fingerprint density at radius 2 is 2.70 bits per heavy atom. The maximum atomic E-state index is 5.07. The fraction of sp³-hybridized carbons (Fsp3) is 0.333. The van der Waals surface area contributed by atoms with Crippen molar-refractivity contribution in [1.82, 2.24) is 4.98 Å². The number of thioether (sulfide) groups is 1. The van der Waals surface area contributed by atoms with Crippen LogP contribution in [0, 0.1) is 0 Å². The van der Waals surface area contributed by atoms with Crippen molar-refractivity contribution in [3.8, 4) is 0 Å². The van der Waals surface area contributed by atoms with Gasteiger partial charge in [0.05, 0.1) is 6.20 Å². The molecule has 2 heterocycles. The normalized spacial score (nSPS) is 23.8. The van der Waals surface area contributed by atoms with Crippen molar-refractivity contribution in [1.29, 1.82) is 0 Å². The lowest BCUT2D eigenvalue weighted by molar-refractivity contribution is 0.496. The Hall–Kier alpha value is -0.770. The molecule has 0 radical (unpaired) electrons. The molecular weight excluding hydrogens is 148 g/mol. The molecule has 4 heteroatoms. The Kier molecular flexibility index (Phi) is 1.47. The Labute approximate surface area is 62.6 Å². The Morgan fingerprint density at radius 1 is 1.70 bits per heavy atom. The number of hydrogen-bond donors (Lipinski definition) is 0. The minimum Gasteiger partial charge on any atom is -0.446 e. The molecule has 1 atom stereocenters. The van der Waals surface area contributed by atoms with E-state index in [-0.39, 0.29) is 5.37 Å². The number of oxazole rings is 1. The summed E-state index contributed by atoms with van der Waals surface area (Å²) in [6.07, 6.45) is 5.10. The molecule has 0 aliphatic carbocycles. The third-order valence-electron chi connectivity index (χ3n) is 1.23. The van der Waals surface area contributed by atoms with Crippen LogP contribution in [0.3, 0.4) is 0 Å². The van der Waals surface area contributed by atoms with Gasteiger partial charge in [0.25, 0.3) is 0 Å². The third kappa shape index (κ3) is 0.945. The van der Waals surface area contributed by atoms with Gasteiger partial charge in [-0.1, -0.05) is 0 Å². The van der Waals surface area contributed by atoms with E-state index >= 15 is 0 Å². The molecule has 1 unspecified atom stereocenters. The molecule has 1 aliphatic heterocycles. The molecule has 0 spiro atoms. The number of aliphatic imine (C=N–C) groups is 1. The van der Waals surface area contributed by atoms with Crippen LogP contribution in [-0.4, -0.2) is 17.0 Å². The highest BCUT2D eigenvalue weighted by molar-refractivity contribution is 8.00. The maximum Gasteiger partial charge on any atom is 0.229 e. The van der Waals surface area contributed by atoms with Gasteiger partial charge in [0.2, 0.25) is 5.89 Å². The summed E-state index contributed by atoms with van der Waals surface area (Å²) < 4.78 is 5.07. The molecule has 0 aromatic carbocycles. The Morgan fingerprint density at radius 3 is 3.30 bits per heavy atom. The zero-order valence-electron chi connectivity index (χ0n) is 5.23. The molecular formula is C6H6N2OS. The predicted molar refractivity (Wildman–Crippen MR) is 40.2 cm³/mol. The first kappa shape index (κ1) is 5.97. The van der Waals surface area contributed by atoms with Crippen LogP contribution in [0.1, 0.15) is 11.3 Å². The average Bonchev–Trinajstić information content (AvgIpc) is 2.59. The van der Waals surface area contributed by atoms with E-state index in [2.05, 4.69) is 9.98 Å². The van der Waals surface area contributed by atoms with Crippen molar-refractivity contribution in [2.24, 2.45) is 4.99 Å². The van der Waals surface area contributed by atoms with Crippen LogP contribution >= 0.6 is 11.8 Å². The van der Waals surface area contributed by atoms with Gasteiger partial charge in [0, 0.05) is 12.0 Å². The molecule has 1 aliphatic rings. The van der Waals surface area contributed by atoms with Crippen LogP contribution in [0.4, 0.5) is 0 Å². The van der Waals surface area contributed by atoms with Gasteiger partial charge >= 0.3 is 0 Å². The van der Waals surface area contributed by atoms with Crippen LogP contribution in [0.5, 0.6) is 0 Å². The van der Waals surface area contributed by atoms with Crippen LogP contribution in [0.25, 0.3) is 0 Å². The number of rotatable bonds is 1. The molecule has 0 N–H and O–H groups in total. The fourth-order valence-electron chi connectivity index (χ4n) is 0.807. The molecule has 0 bridgehead atoms. The first-order valence-corrected chi connectivity index (χ1v) is 4.04. The molecule has 0 fully saturated rings. The topological polar surface area (TPSA) is 38.4 Å². The van der Waals surface area contributed by atoms with Gasteiger partial charge < -0.3 is 4.42 Å². The van der Waals surface area contributed by atoms with Crippen molar-refractivity contribution >= 4 is 18.0 Å². The standard InChI is InChI=1S/C6H6N2OS/c1-3-9-5(7-1)6-8-2-4-10-6/h1-3,6H,4H2. The van der Waals surface area contributed by atoms with Gasteiger partial charge in [0.1, 0.15) is 6.26 Å². The summed E-state index contributed by atoms with van der Waals surface area (Å²) in [5.74, 6) is 1.67. The first-order chi connectivity index (χ1) is 4.97. The first-order valence-electron chi connectivity index (χ1n) is 2.99. The minimum absolute atomic E-state index is 0.106. The molecule has 1 aromatic heterocycles. The Bertz CT molecular complexity index is 232. The zero-order chi connectivity index (χ0) is 6.81. The van der Waals surface area contributed by atoms with Crippen LogP contribution in [-0.2, 0) is 0 Å². The van der Waals surface area contributed by atoms with E-state index in [1.165, 1.54) is 0 Å². The maximum absolute atomic E-state index is 5.07. The SMILES string of the molecule is C1=NC(c2ncco2)SC1. The molecule has 10 heavy (non-hydrogen) atoms. The lowest BCUT2D eigenvalue weighted by Crippen LogP contribution is -1.84. The summed E-state index contributed by atoms with van der Waals surface area (Å²) in [6, 6.07) is 0. The summed E-state index contributed by atoms with van der Waals surface area (Å²) in [5, 5.41) is 0.106. The second-order valence-corrected chi connectivity index (χ2v) is 3.00. The Balaban J connectivity index is 2.20. The lowest BCUT2D eigenvalue weighted by Gasteiger charge is -1.97. The monoisotopic (exact) mass is 154 g/mol. The molecule has 52 valence electrons. The molecule has 0 saturated heterocycles. The van der Waals surface area contributed by atoms with E-state index in [0.717, 1.165) is 5.75 Å². The largest absolute Gasteiger partial charge is 0.446 e. The summed E-state index contributed by atoms with van der Waals surface area (Å²) in [5.41, 5.74) is 0. The predicted octanol–water partition coefficient (Wildman–Crippen LogP) is 1.49. The smallest absolute Gasteiger partial charge is 0.229 e. The highest BCUT2D eigenvalue weighted by Crippen LogP contribution is 2.31. The third-order valence-corrected chi connectivity index (χ3v) is 2.21. The summed E-state index contributed by atoms with van der Waals surface area (Å²) in [6.45, 7) is 0. The van der Waals surface area contributed by atoms with Gasteiger partial charge in [0.15, 0.2) is 5.37 Å². The van der Waals surface area contributed by atoms with Crippen molar-refractivity contribution in [2.45, 2.75) is 5.37 Å². The molecule has 3 nitrogen and oxygen atoms in total. The molecule has 0 amide bonds. The summed E-state index contributed by atoms with van der Waals surface area (Å²) >= 11 is 1.72. The van der Waals surface area contributed by atoms with Crippen LogP contribution in [0.15, 0.2) is 21.9 Å². The summed E-state index contributed by atoms with van der Waals surface area (Å²) in [7, 11) is 0. The number of aromatic nitrogens is 1. The fourth-order valence-corrected chi connectivity index (χ4v) is 1.59. The zero-order valence-corrected chi connectivity index (χ0v) is 6.04. The lowest BCUT2D eigenvalue weighted by atomic mass is 10.6. The van der Waals surface area contributed by atoms with E-state index in [9.17, 15) is 0 Å². The number of nitrogens with zero attached hydrogens (tertiary/aromatic N) is 2. The van der Waals surface area contributed by atoms with E-state index < -0.39 is 0 Å². The quantitative estimate of drug-likeness (QED) is 0.615. The van der Waals surface area contributed by atoms with E-state index in [1.54, 1.807) is 24.2 Å². The van der Waals surface area contributed by atoms with E-state index in [0.29, 0.717) is 5.89 Å². The van der Waals surface area contributed by atoms with Crippen molar-refractivity contribution in [2.75, 3.05) is 5.75 Å². The average molecular weight is 154 g/mol. The van der Waals surface area contributed by atoms with Crippen molar-refractivity contribution in [3.05, 3.63) is 18.4 Å². The summed E-state index contributed by atoms with van der Waals surface area (Å²) in [4.78, 5) is 8.16. The van der Waals surface area contributed by atoms with Crippen molar-refractivity contribution in [3.63, 3.8) is 0 Å². The minimum atomic E-state index is 0.106. The van der Waals surface area contributed by atoms with Gasteiger partial charge in [-0.15, -0.1) is 11.8 Å². The van der Waals surface area contributed by atoms with Gasteiger partial charge in [-0.2, -0.15) is 0 Å². The van der Waals surface area contributed by atoms with Crippen LogP contribution in [0.2, 0.25) is 0 Å². The highest BCUT2D eigenvalue weighted by atomic mass is 32.2. The highest BCUT2D eigenvalue weighted by Gasteiger charge is 2.16. The molecule has 1 aromatic rings. The van der Waals surface area contributed by atoms with E-state index in [1.807, 2.05) is 6.21 Å². The van der Waals surface area contributed by atoms with Gasteiger partial charge in [-0.25, -0.2) is 4.98 Å². The van der Waals surface area contributed by atoms with E-state index in [4.69, 9.17) is 4.42 Å². The van der Waals surface area contributed by atoms with Gasteiger partial charge in [-0.3, -0.25) is 4.99 Å². The van der Waals surface area contributed by atoms with Gasteiger partial charge in [-0.05, 0) is 0 Å². The molecule has 2 rings (SSSR count). The second-order valence-electron chi connectivity index (χ2n) is 1.89.